The molecule has 65 valence electrons. The fraction of sp³-hybridized carbons (Fsp3) is 0.833. The van der Waals surface area contributed by atoms with Crippen LogP contribution in [0, 0.1) is 0 Å². The Labute approximate surface area is 74.3 Å². The zero-order chi connectivity index (χ0) is 9.07. The van der Waals surface area contributed by atoms with Gasteiger partial charge >= 0.3 is 9.28 Å². The maximum Gasteiger partial charge on any atom is 0.399 e. The van der Waals surface area contributed by atoms with E-state index in [1.807, 2.05) is 0 Å². The van der Waals surface area contributed by atoms with Gasteiger partial charge in [-0.15, -0.1) is 12.6 Å². The van der Waals surface area contributed by atoms with Gasteiger partial charge in [-0.05, 0) is 0 Å². The number of rotatable bonds is 4. The lowest BCUT2D eigenvalue weighted by molar-refractivity contribution is -0.113. The summed E-state index contributed by atoms with van der Waals surface area (Å²) in [5.41, 5.74) is 0. The normalized spacial score (nSPS) is 12.2. The lowest BCUT2D eigenvalue weighted by Crippen LogP contribution is -2.36. The van der Waals surface area contributed by atoms with Gasteiger partial charge in [0.1, 0.15) is 0 Å². The molecule has 1 radical (unpaired) electrons. The second kappa shape index (κ2) is 4.25. The molecular weight excluding hydrogens is 180 g/mol. The van der Waals surface area contributed by atoms with E-state index in [9.17, 15) is 4.79 Å². The molecular formula is C6H13O3SSi. The van der Waals surface area contributed by atoms with Gasteiger partial charge in [0.15, 0.2) is 5.12 Å². The van der Waals surface area contributed by atoms with Crippen molar-refractivity contribution in [1.82, 2.24) is 0 Å². The highest BCUT2D eigenvalue weighted by Crippen LogP contribution is 2.31. The molecule has 0 heterocycles. The van der Waals surface area contributed by atoms with E-state index in [1.165, 1.54) is 14.2 Å². The molecule has 0 aromatic heterocycles. The van der Waals surface area contributed by atoms with Crippen molar-refractivity contribution in [2.24, 2.45) is 0 Å². The third-order valence-corrected chi connectivity index (χ3v) is 4.17. The fourth-order valence-electron chi connectivity index (χ4n) is 0.681. The van der Waals surface area contributed by atoms with E-state index in [0.717, 1.165) is 0 Å². The van der Waals surface area contributed by atoms with Gasteiger partial charge < -0.3 is 8.85 Å². The Kier molecular flexibility index (Phi) is 4.31. The first kappa shape index (κ1) is 11.2. The minimum absolute atomic E-state index is 0.199. The monoisotopic (exact) mass is 193 g/mol. The first-order valence-corrected chi connectivity index (χ1v) is 4.92. The van der Waals surface area contributed by atoms with Crippen molar-refractivity contribution in [2.45, 2.75) is 18.9 Å². The Balaban J connectivity index is 4.36. The fourth-order valence-corrected chi connectivity index (χ4v) is 2.32. The number of carbonyl (C=O) groups excluding carboxylic acids is 1. The molecule has 11 heavy (non-hydrogen) atoms. The highest BCUT2D eigenvalue weighted by Gasteiger charge is 2.40. The molecule has 0 fully saturated rings. The van der Waals surface area contributed by atoms with E-state index in [1.54, 1.807) is 13.8 Å². The van der Waals surface area contributed by atoms with Crippen LogP contribution in [0.2, 0.25) is 5.04 Å². The average molecular weight is 193 g/mol. The summed E-state index contributed by atoms with van der Waals surface area (Å²) < 4.78 is 10.1. The summed E-state index contributed by atoms with van der Waals surface area (Å²) in [6.07, 6.45) is 0. The highest BCUT2D eigenvalue weighted by molar-refractivity contribution is 7.97. The second-order valence-corrected chi connectivity index (χ2v) is 5.67. The smallest absolute Gasteiger partial charge is 0.396 e. The molecule has 0 bridgehead atoms. The summed E-state index contributed by atoms with van der Waals surface area (Å²) in [5, 5.41) is -0.799. The SMILES string of the molecule is CO[Si](OC)C(C)(C)C(=O)S. The zero-order valence-electron chi connectivity index (χ0n) is 7.17. The van der Waals surface area contributed by atoms with E-state index in [-0.39, 0.29) is 5.12 Å². The van der Waals surface area contributed by atoms with Crippen LogP contribution in [0.3, 0.4) is 0 Å². The van der Waals surface area contributed by atoms with Crippen molar-refractivity contribution in [3.8, 4) is 0 Å². The second-order valence-electron chi connectivity index (χ2n) is 2.63. The maximum absolute atomic E-state index is 11.0. The predicted octanol–water partition coefficient (Wildman–Crippen LogP) is 1.00. The van der Waals surface area contributed by atoms with Crippen molar-refractivity contribution in [1.29, 1.82) is 0 Å². The van der Waals surface area contributed by atoms with Gasteiger partial charge in [-0.3, -0.25) is 4.79 Å². The van der Waals surface area contributed by atoms with Gasteiger partial charge in [0.2, 0.25) is 0 Å². The molecule has 0 saturated heterocycles. The molecule has 0 rings (SSSR count). The Hall–Kier alpha value is 0.157. The van der Waals surface area contributed by atoms with Crippen LogP contribution in [0.4, 0.5) is 0 Å². The summed E-state index contributed by atoms with van der Waals surface area (Å²) in [4.78, 5) is 11.0. The molecule has 0 saturated carbocycles. The van der Waals surface area contributed by atoms with Crippen molar-refractivity contribution in [2.75, 3.05) is 14.2 Å². The molecule has 0 atom stereocenters. The first-order chi connectivity index (χ1) is 4.96. The molecule has 0 aromatic rings. The van der Waals surface area contributed by atoms with Crippen LogP contribution >= 0.6 is 12.6 Å². The minimum Gasteiger partial charge on any atom is -0.396 e. The summed E-state index contributed by atoms with van der Waals surface area (Å²) in [6.45, 7) is 3.53. The number of carbonyl (C=O) groups is 1. The van der Waals surface area contributed by atoms with Crippen LogP contribution in [0.25, 0.3) is 0 Å². The van der Waals surface area contributed by atoms with Gasteiger partial charge in [0, 0.05) is 14.2 Å². The molecule has 3 nitrogen and oxygen atoms in total. The van der Waals surface area contributed by atoms with Crippen molar-refractivity contribution in [3.05, 3.63) is 0 Å². The molecule has 5 heteroatoms. The molecule has 0 aliphatic heterocycles. The van der Waals surface area contributed by atoms with Crippen LogP contribution in [-0.2, 0) is 13.6 Å². The Morgan fingerprint density at radius 2 is 1.73 bits per heavy atom. The minimum atomic E-state index is -1.52. The van der Waals surface area contributed by atoms with Gasteiger partial charge in [0.05, 0.1) is 5.04 Å². The Bertz CT molecular complexity index is 145. The van der Waals surface area contributed by atoms with Crippen molar-refractivity contribution < 1.29 is 13.6 Å². The molecule has 0 N–H and O–H groups in total. The lowest BCUT2D eigenvalue weighted by atomic mass is 10.2. The maximum atomic E-state index is 11.0. The van der Waals surface area contributed by atoms with E-state index in [0.29, 0.717) is 0 Å². The molecule has 0 amide bonds. The summed E-state index contributed by atoms with van der Waals surface area (Å²) in [7, 11) is 1.55. The summed E-state index contributed by atoms with van der Waals surface area (Å²) in [5.74, 6) is 0. The molecule has 0 unspecified atom stereocenters. The highest BCUT2D eigenvalue weighted by atomic mass is 32.1. The van der Waals surface area contributed by atoms with E-state index in [2.05, 4.69) is 12.6 Å². The zero-order valence-corrected chi connectivity index (χ0v) is 9.07. The van der Waals surface area contributed by atoms with Gasteiger partial charge in [-0.2, -0.15) is 0 Å². The molecule has 0 aliphatic carbocycles. The standard InChI is InChI=1S/C6H13O3SSi/c1-6(2,5(7)10)11(8-3)9-4/h1-4H3,(H,7,10). The molecule has 0 aliphatic rings. The van der Waals surface area contributed by atoms with Crippen LogP contribution in [0.15, 0.2) is 0 Å². The Morgan fingerprint density at radius 1 is 1.36 bits per heavy atom. The summed E-state index contributed by atoms with van der Waals surface area (Å²) in [6, 6.07) is 0. The van der Waals surface area contributed by atoms with E-state index < -0.39 is 14.3 Å². The number of thiol groups is 1. The number of hydrogen-bond donors (Lipinski definition) is 1. The topological polar surface area (TPSA) is 35.5 Å². The van der Waals surface area contributed by atoms with Crippen LogP contribution < -0.4 is 0 Å². The summed E-state index contributed by atoms with van der Waals surface area (Å²) >= 11 is 3.75. The largest absolute Gasteiger partial charge is 0.399 e. The first-order valence-electron chi connectivity index (χ1n) is 3.15. The predicted molar refractivity (Wildman–Crippen MR) is 47.8 cm³/mol. The van der Waals surface area contributed by atoms with Gasteiger partial charge in [0.25, 0.3) is 0 Å². The van der Waals surface area contributed by atoms with E-state index >= 15 is 0 Å². The van der Waals surface area contributed by atoms with Gasteiger partial charge in [-0.25, -0.2) is 0 Å². The van der Waals surface area contributed by atoms with Crippen LogP contribution in [-0.4, -0.2) is 28.6 Å². The quantitative estimate of drug-likeness (QED) is 0.534. The van der Waals surface area contributed by atoms with Crippen LogP contribution in [0.1, 0.15) is 13.8 Å². The van der Waals surface area contributed by atoms with Crippen LogP contribution in [0.5, 0.6) is 0 Å². The average Bonchev–Trinajstić information content (AvgIpc) is 1.89. The third-order valence-electron chi connectivity index (χ3n) is 1.42. The van der Waals surface area contributed by atoms with Crippen molar-refractivity contribution in [3.63, 3.8) is 0 Å². The molecule has 0 spiro atoms. The van der Waals surface area contributed by atoms with Gasteiger partial charge in [-0.1, -0.05) is 13.8 Å². The van der Waals surface area contributed by atoms with Crippen molar-refractivity contribution >= 4 is 27.0 Å². The lowest BCUT2D eigenvalue weighted by Gasteiger charge is -2.24. The number of hydrogen-bond acceptors (Lipinski definition) is 3. The molecule has 0 aromatic carbocycles. The third kappa shape index (κ3) is 2.59. The van der Waals surface area contributed by atoms with E-state index in [4.69, 9.17) is 8.85 Å². The Morgan fingerprint density at radius 3 is 1.82 bits per heavy atom.